The van der Waals surface area contributed by atoms with Crippen molar-refractivity contribution in [2.24, 2.45) is 5.92 Å². The predicted octanol–water partition coefficient (Wildman–Crippen LogP) is 4.39. The van der Waals surface area contributed by atoms with E-state index in [4.69, 9.17) is 14.2 Å². The van der Waals surface area contributed by atoms with Crippen LogP contribution in [0.5, 0.6) is 17.2 Å². The van der Waals surface area contributed by atoms with Crippen molar-refractivity contribution in [1.82, 2.24) is 20.3 Å². The fraction of sp³-hybridized carbons (Fsp3) is 0.333. The second-order valence-electron chi connectivity index (χ2n) is 9.66. The highest BCUT2D eigenvalue weighted by Crippen LogP contribution is 2.39. The predicted molar refractivity (Wildman–Crippen MR) is 153 cm³/mol. The van der Waals surface area contributed by atoms with Crippen molar-refractivity contribution in [2.45, 2.75) is 32.9 Å². The molecule has 0 unspecified atom stereocenters. The lowest BCUT2D eigenvalue weighted by atomic mass is 10.0. The molecule has 0 saturated heterocycles. The fourth-order valence-corrected chi connectivity index (χ4v) is 4.54. The monoisotopic (exact) mass is 545 g/mol. The lowest BCUT2D eigenvalue weighted by Gasteiger charge is -2.32. The number of nitrogens with one attached hydrogen (secondary N) is 1. The SMILES string of the molecule is COc1cccc(N(C(=O)Cn2nnc3ccccc32)[C@H](C(=O)NCCC(C)C)c2cccc(OC)c2OC)c1. The smallest absolute Gasteiger partial charge is 0.249 e. The Balaban J connectivity index is 1.86. The minimum Gasteiger partial charge on any atom is -0.497 e. The highest BCUT2D eigenvalue weighted by Gasteiger charge is 2.36. The summed E-state index contributed by atoms with van der Waals surface area (Å²) in [5, 5.41) is 11.4. The molecule has 0 aliphatic carbocycles. The van der Waals surface area contributed by atoms with Gasteiger partial charge in [-0.2, -0.15) is 0 Å². The van der Waals surface area contributed by atoms with E-state index in [1.54, 1.807) is 49.6 Å². The zero-order chi connectivity index (χ0) is 28.6. The molecular formula is C30H35N5O5. The van der Waals surface area contributed by atoms with Gasteiger partial charge in [-0.1, -0.05) is 49.4 Å². The second-order valence-corrected chi connectivity index (χ2v) is 9.66. The first-order chi connectivity index (χ1) is 19.4. The quantitative estimate of drug-likeness (QED) is 0.281. The number of nitrogens with zero attached hydrogens (tertiary/aromatic N) is 4. The lowest BCUT2D eigenvalue weighted by molar-refractivity contribution is -0.127. The Morgan fingerprint density at radius 1 is 0.950 bits per heavy atom. The van der Waals surface area contributed by atoms with E-state index in [9.17, 15) is 9.59 Å². The number of hydrogen-bond acceptors (Lipinski definition) is 7. The molecule has 1 heterocycles. The highest BCUT2D eigenvalue weighted by atomic mass is 16.5. The van der Waals surface area contributed by atoms with E-state index < -0.39 is 6.04 Å². The Hall–Kier alpha value is -4.60. The standard InChI is InChI=1S/C30H35N5O5/c1-20(2)16-17-31-30(37)28(23-12-9-15-26(39-4)29(23)40-5)35(21-10-8-11-22(18-21)38-3)27(36)19-34-25-14-7-6-13-24(25)32-33-34/h6-15,18,20,28H,16-17,19H2,1-5H3,(H,31,37)/t28-/m0/s1. The maximum atomic E-state index is 14.3. The van der Waals surface area contributed by atoms with Crippen LogP contribution in [-0.2, 0) is 16.1 Å². The van der Waals surface area contributed by atoms with Crippen LogP contribution < -0.4 is 24.4 Å². The fourth-order valence-electron chi connectivity index (χ4n) is 4.54. The normalized spacial score (nSPS) is 11.8. The molecular weight excluding hydrogens is 510 g/mol. The van der Waals surface area contributed by atoms with Crippen molar-refractivity contribution in [3.63, 3.8) is 0 Å². The topological polar surface area (TPSA) is 108 Å². The van der Waals surface area contributed by atoms with Crippen molar-refractivity contribution in [2.75, 3.05) is 32.8 Å². The zero-order valence-corrected chi connectivity index (χ0v) is 23.5. The van der Waals surface area contributed by atoms with E-state index >= 15 is 0 Å². The Morgan fingerprint density at radius 3 is 2.45 bits per heavy atom. The van der Waals surface area contributed by atoms with Crippen molar-refractivity contribution >= 4 is 28.5 Å². The van der Waals surface area contributed by atoms with Gasteiger partial charge in [-0.3, -0.25) is 14.5 Å². The summed E-state index contributed by atoms with van der Waals surface area (Å²) in [6.45, 7) is 4.47. The number of fused-ring (bicyclic) bond motifs is 1. The summed E-state index contributed by atoms with van der Waals surface area (Å²) in [6, 6.07) is 18.6. The summed E-state index contributed by atoms with van der Waals surface area (Å²) in [5.41, 5.74) is 2.32. The van der Waals surface area contributed by atoms with Crippen LogP contribution in [0.2, 0.25) is 0 Å². The summed E-state index contributed by atoms with van der Waals surface area (Å²) < 4.78 is 18.2. The van der Waals surface area contributed by atoms with Gasteiger partial charge in [0.05, 0.1) is 26.8 Å². The second kappa shape index (κ2) is 13.0. The van der Waals surface area contributed by atoms with Crippen LogP contribution in [0.1, 0.15) is 31.9 Å². The number of benzene rings is 3. The first-order valence-electron chi connectivity index (χ1n) is 13.1. The first-order valence-corrected chi connectivity index (χ1v) is 13.1. The van der Waals surface area contributed by atoms with Crippen molar-refractivity contribution < 1.29 is 23.8 Å². The van der Waals surface area contributed by atoms with Crippen molar-refractivity contribution in [1.29, 1.82) is 0 Å². The van der Waals surface area contributed by atoms with Crippen LogP contribution in [0, 0.1) is 5.92 Å². The van der Waals surface area contributed by atoms with Gasteiger partial charge in [-0.25, -0.2) is 4.68 Å². The summed E-state index contributed by atoms with van der Waals surface area (Å²) in [7, 11) is 4.59. The van der Waals surface area contributed by atoms with Crippen LogP contribution in [0.3, 0.4) is 0 Å². The Morgan fingerprint density at radius 2 is 1.73 bits per heavy atom. The van der Waals surface area contributed by atoms with Crippen LogP contribution >= 0.6 is 0 Å². The Bertz CT molecular complexity index is 1470. The van der Waals surface area contributed by atoms with E-state index in [1.807, 2.05) is 24.3 Å². The van der Waals surface area contributed by atoms with Gasteiger partial charge >= 0.3 is 0 Å². The molecule has 4 aromatic rings. The van der Waals surface area contributed by atoms with Crippen molar-refractivity contribution in [3.05, 3.63) is 72.3 Å². The Kier molecular flexibility index (Phi) is 9.21. The molecule has 10 nitrogen and oxygen atoms in total. The molecule has 0 spiro atoms. The van der Waals surface area contributed by atoms with E-state index in [2.05, 4.69) is 29.5 Å². The molecule has 0 aliphatic rings. The number of para-hydroxylation sites is 2. The lowest BCUT2D eigenvalue weighted by Crippen LogP contribution is -2.45. The number of anilines is 1. The highest BCUT2D eigenvalue weighted by molar-refractivity contribution is 6.02. The zero-order valence-electron chi connectivity index (χ0n) is 23.5. The summed E-state index contributed by atoms with van der Waals surface area (Å²) >= 11 is 0. The molecule has 210 valence electrons. The number of carbonyl (C=O) groups is 2. The molecule has 3 aromatic carbocycles. The van der Waals surface area contributed by atoms with Gasteiger partial charge in [0.25, 0.3) is 0 Å². The number of aromatic nitrogens is 3. The van der Waals surface area contributed by atoms with Crippen LogP contribution in [0.4, 0.5) is 5.69 Å². The molecule has 40 heavy (non-hydrogen) atoms. The minimum absolute atomic E-state index is 0.153. The van der Waals surface area contributed by atoms with Gasteiger partial charge in [0, 0.05) is 23.9 Å². The molecule has 0 radical (unpaired) electrons. The largest absolute Gasteiger partial charge is 0.497 e. The molecule has 0 bridgehead atoms. The molecule has 10 heteroatoms. The number of ether oxygens (including phenoxy) is 3. The molecule has 0 aliphatic heterocycles. The number of rotatable bonds is 12. The van der Waals surface area contributed by atoms with Gasteiger partial charge in [0.1, 0.15) is 23.9 Å². The maximum absolute atomic E-state index is 14.3. The van der Waals surface area contributed by atoms with E-state index in [0.717, 1.165) is 6.42 Å². The van der Waals surface area contributed by atoms with E-state index in [-0.39, 0.29) is 18.4 Å². The number of carbonyl (C=O) groups excluding carboxylic acids is 2. The molecule has 0 fully saturated rings. The van der Waals surface area contributed by atoms with Gasteiger partial charge in [-0.05, 0) is 42.7 Å². The molecule has 4 rings (SSSR count). The molecule has 0 saturated carbocycles. The average Bonchev–Trinajstić information content (AvgIpc) is 3.37. The molecule has 1 aromatic heterocycles. The summed E-state index contributed by atoms with van der Waals surface area (Å²) in [6.07, 6.45) is 0.783. The Labute approximate surface area is 233 Å². The van der Waals surface area contributed by atoms with E-state index in [1.165, 1.54) is 23.8 Å². The average molecular weight is 546 g/mol. The van der Waals surface area contributed by atoms with Gasteiger partial charge in [0.2, 0.25) is 11.8 Å². The minimum atomic E-state index is -1.09. The molecule has 1 N–H and O–H groups in total. The van der Waals surface area contributed by atoms with Crippen LogP contribution in [0.25, 0.3) is 11.0 Å². The van der Waals surface area contributed by atoms with Gasteiger partial charge < -0.3 is 19.5 Å². The third-order valence-electron chi connectivity index (χ3n) is 6.56. The van der Waals surface area contributed by atoms with Crippen molar-refractivity contribution in [3.8, 4) is 17.2 Å². The van der Waals surface area contributed by atoms with Gasteiger partial charge in [-0.15, -0.1) is 5.10 Å². The number of methoxy groups -OCH3 is 3. The molecule has 1 atom stereocenters. The summed E-state index contributed by atoms with van der Waals surface area (Å²) in [5.74, 6) is 1.01. The third kappa shape index (κ3) is 6.17. The van der Waals surface area contributed by atoms with Crippen LogP contribution in [-0.4, -0.2) is 54.7 Å². The summed E-state index contributed by atoms with van der Waals surface area (Å²) in [4.78, 5) is 29.7. The maximum Gasteiger partial charge on any atom is 0.249 e. The van der Waals surface area contributed by atoms with Gasteiger partial charge in [0.15, 0.2) is 11.5 Å². The third-order valence-corrected chi connectivity index (χ3v) is 6.56. The number of amides is 2. The first kappa shape index (κ1) is 28.4. The van der Waals surface area contributed by atoms with E-state index in [0.29, 0.717) is 52.0 Å². The van der Waals surface area contributed by atoms with Crippen LogP contribution in [0.15, 0.2) is 66.7 Å². The number of hydrogen-bond donors (Lipinski definition) is 1. The molecule has 2 amide bonds.